The van der Waals surface area contributed by atoms with E-state index in [1.54, 1.807) is 20.3 Å². The molecule has 1 aromatic heterocycles. The summed E-state index contributed by atoms with van der Waals surface area (Å²) in [5.74, 6) is 1.85. The molecule has 0 bridgehead atoms. The molecule has 1 aromatic carbocycles. The van der Waals surface area contributed by atoms with Crippen LogP contribution in [0.5, 0.6) is 11.5 Å². The van der Waals surface area contributed by atoms with Crippen LogP contribution in [0.25, 0.3) is 10.9 Å². The average molecular weight is 399 g/mol. The highest BCUT2D eigenvalue weighted by molar-refractivity contribution is 5.92. The Morgan fingerprint density at radius 2 is 1.69 bits per heavy atom. The number of nitrogens with zero attached hydrogens (tertiary/aromatic N) is 2. The predicted octanol–water partition coefficient (Wildman–Crippen LogP) is 4.13. The number of anilines is 1. The fourth-order valence-corrected chi connectivity index (χ4v) is 2.47. The first-order valence-electron chi connectivity index (χ1n) is 9.39. The van der Waals surface area contributed by atoms with Crippen molar-refractivity contribution >= 4 is 16.7 Å². The maximum atomic E-state index is 5.87. The lowest BCUT2D eigenvalue weighted by Gasteiger charge is -2.15. The van der Waals surface area contributed by atoms with Gasteiger partial charge >= 0.3 is 0 Å². The van der Waals surface area contributed by atoms with Crippen molar-refractivity contribution in [1.29, 1.82) is 0 Å². The van der Waals surface area contributed by atoms with Gasteiger partial charge in [-0.2, -0.15) is 0 Å². The molecule has 156 valence electrons. The van der Waals surface area contributed by atoms with Crippen LogP contribution < -0.4 is 14.8 Å². The monoisotopic (exact) mass is 399 g/mol. The van der Waals surface area contributed by atoms with E-state index in [9.17, 15) is 0 Å². The third kappa shape index (κ3) is 6.58. The van der Waals surface area contributed by atoms with E-state index in [1.165, 1.54) is 6.33 Å². The number of benzene rings is 1. The van der Waals surface area contributed by atoms with Crippen LogP contribution in [0.15, 0.2) is 54.5 Å². The van der Waals surface area contributed by atoms with Crippen molar-refractivity contribution < 1.29 is 18.9 Å². The molecule has 0 aliphatic rings. The first-order valence-corrected chi connectivity index (χ1v) is 9.39. The fraction of sp³-hybridized carbons (Fsp3) is 0.364. The summed E-state index contributed by atoms with van der Waals surface area (Å²) in [5, 5.41) is 4.12. The second kappa shape index (κ2) is 11.8. The molecule has 0 amide bonds. The molecule has 2 aromatic rings. The lowest BCUT2D eigenvalue weighted by atomic mass is 10.2. The molecule has 0 saturated carbocycles. The van der Waals surface area contributed by atoms with Crippen molar-refractivity contribution in [2.24, 2.45) is 0 Å². The van der Waals surface area contributed by atoms with E-state index in [2.05, 4.69) is 21.9 Å². The summed E-state index contributed by atoms with van der Waals surface area (Å²) < 4.78 is 21.8. The average Bonchev–Trinajstić information content (AvgIpc) is 2.73. The van der Waals surface area contributed by atoms with Gasteiger partial charge in [0.2, 0.25) is 0 Å². The first kappa shape index (κ1) is 22.4. The molecule has 0 spiro atoms. The summed E-state index contributed by atoms with van der Waals surface area (Å²) in [4.78, 5) is 8.78. The quantitative estimate of drug-likeness (QED) is 0.425. The Labute approximate surface area is 172 Å². The zero-order chi connectivity index (χ0) is 21.1. The zero-order valence-electron chi connectivity index (χ0n) is 17.5. The Bertz CT molecular complexity index is 878. The summed E-state index contributed by atoms with van der Waals surface area (Å²) in [7, 11) is 3.26. The molecule has 0 atom stereocenters. The van der Waals surface area contributed by atoms with E-state index in [-0.39, 0.29) is 0 Å². The number of methoxy groups -OCH3 is 2. The Kier molecular flexibility index (Phi) is 9.14. The van der Waals surface area contributed by atoms with Crippen LogP contribution in [0.3, 0.4) is 0 Å². The first-order chi connectivity index (χ1) is 14.1. The minimum absolute atomic E-state index is 0.400. The maximum Gasteiger partial charge on any atom is 0.163 e. The second-order valence-electron chi connectivity index (χ2n) is 6.18. The topological polar surface area (TPSA) is 74.7 Å². The number of allylic oxidation sites excluding steroid dienone is 4. The van der Waals surface area contributed by atoms with E-state index in [4.69, 9.17) is 18.9 Å². The fourth-order valence-electron chi connectivity index (χ4n) is 2.47. The lowest BCUT2D eigenvalue weighted by molar-refractivity contribution is 0.132. The number of fused-ring (bicyclic) bond motifs is 1. The standard InChI is InChI=1S/C22H29N3O4/c1-6-16(3)12-17(7-2)25-22-18-13-20(28-10-8-26-4)21(29-11-9-27-5)14-19(18)23-15-24-22/h6-7,12-15H,2,8-11H2,1,3-5H3,(H,23,24,25)/b16-6-,17-12+. The molecule has 29 heavy (non-hydrogen) atoms. The van der Waals surface area contributed by atoms with E-state index in [1.807, 2.05) is 38.1 Å². The molecule has 0 radical (unpaired) electrons. The van der Waals surface area contributed by atoms with Gasteiger partial charge in [-0.15, -0.1) is 0 Å². The molecular formula is C22H29N3O4. The number of hydrogen-bond acceptors (Lipinski definition) is 7. The number of nitrogens with one attached hydrogen (secondary N) is 1. The van der Waals surface area contributed by atoms with Crippen LogP contribution >= 0.6 is 0 Å². The number of hydrogen-bond donors (Lipinski definition) is 1. The van der Waals surface area contributed by atoms with Crippen LogP contribution in [0.4, 0.5) is 5.82 Å². The molecule has 1 heterocycles. The Balaban J connectivity index is 2.43. The molecule has 7 heteroatoms. The third-order valence-electron chi connectivity index (χ3n) is 4.11. The summed E-state index contributed by atoms with van der Waals surface area (Å²) in [6.07, 6.45) is 7.28. The van der Waals surface area contributed by atoms with Crippen LogP contribution in [0.2, 0.25) is 0 Å². The molecule has 0 saturated heterocycles. The largest absolute Gasteiger partial charge is 0.487 e. The van der Waals surface area contributed by atoms with Gasteiger partial charge in [-0.25, -0.2) is 9.97 Å². The highest BCUT2D eigenvalue weighted by Gasteiger charge is 2.13. The van der Waals surface area contributed by atoms with Gasteiger partial charge < -0.3 is 24.3 Å². The van der Waals surface area contributed by atoms with E-state index in [0.29, 0.717) is 43.7 Å². The number of rotatable bonds is 12. The van der Waals surface area contributed by atoms with Crippen molar-refractivity contribution in [1.82, 2.24) is 9.97 Å². The molecule has 2 rings (SSSR count). The summed E-state index contributed by atoms with van der Waals surface area (Å²) in [5.41, 5.74) is 2.69. The lowest BCUT2D eigenvalue weighted by Crippen LogP contribution is -2.09. The normalized spacial score (nSPS) is 12.1. The van der Waals surface area contributed by atoms with Gasteiger partial charge in [-0.05, 0) is 32.1 Å². The van der Waals surface area contributed by atoms with Gasteiger partial charge in [0.25, 0.3) is 0 Å². The highest BCUT2D eigenvalue weighted by atomic mass is 16.5. The molecule has 0 aliphatic heterocycles. The van der Waals surface area contributed by atoms with E-state index in [0.717, 1.165) is 22.2 Å². The van der Waals surface area contributed by atoms with E-state index < -0.39 is 0 Å². The second-order valence-corrected chi connectivity index (χ2v) is 6.18. The van der Waals surface area contributed by atoms with Gasteiger partial charge in [-0.1, -0.05) is 18.2 Å². The van der Waals surface area contributed by atoms with Crippen LogP contribution in [0, 0.1) is 0 Å². The van der Waals surface area contributed by atoms with Crippen molar-refractivity contribution in [2.45, 2.75) is 13.8 Å². The minimum atomic E-state index is 0.400. The Morgan fingerprint density at radius 1 is 1.03 bits per heavy atom. The zero-order valence-corrected chi connectivity index (χ0v) is 17.5. The maximum absolute atomic E-state index is 5.87. The number of aromatic nitrogens is 2. The van der Waals surface area contributed by atoms with E-state index >= 15 is 0 Å². The third-order valence-corrected chi connectivity index (χ3v) is 4.11. The molecule has 0 aliphatic carbocycles. The van der Waals surface area contributed by atoms with Gasteiger partial charge in [0, 0.05) is 31.4 Å². The minimum Gasteiger partial charge on any atom is -0.487 e. The Morgan fingerprint density at radius 3 is 2.28 bits per heavy atom. The molecule has 7 nitrogen and oxygen atoms in total. The number of ether oxygens (including phenoxy) is 4. The molecule has 0 fully saturated rings. The smallest absolute Gasteiger partial charge is 0.163 e. The SMILES string of the molecule is C=C/C(=C\C(C)=C/C)Nc1ncnc2cc(OCCOC)c(OCCOC)cc12. The van der Waals surface area contributed by atoms with Crippen LogP contribution in [-0.4, -0.2) is 50.6 Å². The van der Waals surface area contributed by atoms with Crippen molar-refractivity contribution in [3.8, 4) is 11.5 Å². The van der Waals surface area contributed by atoms with Crippen LogP contribution in [-0.2, 0) is 9.47 Å². The summed E-state index contributed by atoms with van der Waals surface area (Å²) >= 11 is 0. The van der Waals surface area contributed by atoms with Crippen molar-refractivity contribution in [3.63, 3.8) is 0 Å². The van der Waals surface area contributed by atoms with Gasteiger partial charge in [-0.3, -0.25) is 0 Å². The molecule has 0 unspecified atom stereocenters. The Hall–Kier alpha value is -2.90. The van der Waals surface area contributed by atoms with Crippen LogP contribution in [0.1, 0.15) is 13.8 Å². The summed E-state index contributed by atoms with van der Waals surface area (Å²) in [6.45, 7) is 9.64. The van der Waals surface area contributed by atoms with Crippen molar-refractivity contribution in [2.75, 3.05) is 46.0 Å². The summed E-state index contributed by atoms with van der Waals surface area (Å²) in [6, 6.07) is 3.72. The van der Waals surface area contributed by atoms with Gasteiger partial charge in [0.05, 0.1) is 18.7 Å². The van der Waals surface area contributed by atoms with Gasteiger partial charge in [0.1, 0.15) is 25.4 Å². The van der Waals surface area contributed by atoms with Crippen molar-refractivity contribution in [3.05, 3.63) is 54.5 Å². The molecular weight excluding hydrogens is 370 g/mol. The highest BCUT2D eigenvalue weighted by Crippen LogP contribution is 2.34. The molecule has 1 N–H and O–H groups in total. The predicted molar refractivity (Wildman–Crippen MR) is 116 cm³/mol. The van der Waals surface area contributed by atoms with Gasteiger partial charge in [0.15, 0.2) is 11.5 Å².